The third-order valence-electron chi connectivity index (χ3n) is 4.59. The van der Waals surface area contributed by atoms with E-state index in [2.05, 4.69) is 15.3 Å². The summed E-state index contributed by atoms with van der Waals surface area (Å²) in [4.78, 5) is 0. The molecule has 0 unspecified atom stereocenters. The molecule has 4 aromatic rings. The summed E-state index contributed by atoms with van der Waals surface area (Å²) in [6, 6.07) is 23.3. The fourth-order valence-corrected chi connectivity index (χ4v) is 4.35. The molecule has 0 spiro atoms. The van der Waals surface area contributed by atoms with Crippen LogP contribution in [0.5, 0.6) is 5.75 Å². The van der Waals surface area contributed by atoms with E-state index >= 15 is 0 Å². The first-order valence-electron chi connectivity index (χ1n) is 9.88. The Morgan fingerprint density at radius 2 is 1.78 bits per heavy atom. The molecule has 1 heterocycles. The third-order valence-corrected chi connectivity index (χ3v) is 6.15. The molecule has 0 aliphatic rings. The van der Waals surface area contributed by atoms with Gasteiger partial charge in [0.15, 0.2) is 5.82 Å². The van der Waals surface area contributed by atoms with Crippen molar-refractivity contribution < 1.29 is 4.74 Å². The first-order chi connectivity index (χ1) is 15.6. The molecule has 8 heteroatoms. The van der Waals surface area contributed by atoms with E-state index in [0.29, 0.717) is 33.4 Å². The first kappa shape index (κ1) is 22.4. The Kier molecular flexibility index (Phi) is 7.47. The summed E-state index contributed by atoms with van der Waals surface area (Å²) in [5.41, 5.74) is 3.05. The second-order valence-electron chi connectivity index (χ2n) is 6.95. The highest BCUT2D eigenvalue weighted by Crippen LogP contribution is 2.28. The standard InChI is InChI=1S/C24H20Cl2N4OS/c1-17-28-29-24(32-16-20-9-10-21(25)13-23(20)26)30(17)27-14-18-7-11-22(12-8-18)31-15-19-5-3-2-4-6-19/h2-14H,15-16H2,1H3/b27-14+. The fourth-order valence-electron chi connectivity index (χ4n) is 2.86. The topological polar surface area (TPSA) is 52.3 Å². The zero-order valence-corrected chi connectivity index (χ0v) is 19.6. The molecule has 5 nitrogen and oxygen atoms in total. The molecule has 0 saturated carbocycles. The number of aryl methyl sites for hydroxylation is 1. The van der Waals surface area contributed by atoms with E-state index in [-0.39, 0.29) is 0 Å². The number of hydrogen-bond acceptors (Lipinski definition) is 5. The molecular formula is C24H20Cl2N4OS. The number of hydrogen-bond donors (Lipinski definition) is 0. The number of ether oxygens (including phenoxy) is 1. The van der Waals surface area contributed by atoms with Gasteiger partial charge < -0.3 is 4.74 Å². The Bertz CT molecular complexity index is 1210. The van der Waals surface area contributed by atoms with E-state index < -0.39 is 0 Å². The van der Waals surface area contributed by atoms with Gasteiger partial charge in [0.05, 0.1) is 6.21 Å². The van der Waals surface area contributed by atoms with Gasteiger partial charge in [0.1, 0.15) is 12.4 Å². The molecule has 0 amide bonds. The highest BCUT2D eigenvalue weighted by molar-refractivity contribution is 7.98. The zero-order valence-electron chi connectivity index (χ0n) is 17.3. The maximum atomic E-state index is 6.27. The molecular weight excluding hydrogens is 463 g/mol. The number of nitrogens with zero attached hydrogens (tertiary/aromatic N) is 4. The number of rotatable bonds is 8. The van der Waals surface area contributed by atoms with Crippen molar-refractivity contribution in [3.63, 3.8) is 0 Å². The Morgan fingerprint density at radius 1 is 1.00 bits per heavy atom. The predicted molar refractivity (Wildman–Crippen MR) is 131 cm³/mol. The van der Waals surface area contributed by atoms with Crippen molar-refractivity contribution in [2.24, 2.45) is 5.10 Å². The maximum Gasteiger partial charge on any atom is 0.212 e. The molecule has 32 heavy (non-hydrogen) atoms. The van der Waals surface area contributed by atoms with Gasteiger partial charge in [-0.2, -0.15) is 9.78 Å². The molecule has 0 saturated heterocycles. The Balaban J connectivity index is 1.39. The lowest BCUT2D eigenvalue weighted by atomic mass is 10.2. The van der Waals surface area contributed by atoms with Crippen LogP contribution in [0.2, 0.25) is 10.0 Å². The lowest BCUT2D eigenvalue weighted by Gasteiger charge is -2.06. The number of benzene rings is 3. The molecule has 0 aliphatic carbocycles. The van der Waals surface area contributed by atoms with Crippen LogP contribution >= 0.6 is 35.0 Å². The predicted octanol–water partition coefficient (Wildman–Crippen LogP) is 6.65. The van der Waals surface area contributed by atoms with Gasteiger partial charge in [-0.25, -0.2) is 0 Å². The molecule has 4 rings (SSSR count). The normalized spacial score (nSPS) is 11.2. The summed E-state index contributed by atoms with van der Waals surface area (Å²) < 4.78 is 7.55. The van der Waals surface area contributed by atoms with Crippen LogP contribution in [0.1, 0.15) is 22.5 Å². The Morgan fingerprint density at radius 3 is 2.53 bits per heavy atom. The molecule has 162 valence electrons. The number of halogens is 2. The largest absolute Gasteiger partial charge is 0.489 e. The molecule has 0 N–H and O–H groups in total. The van der Waals surface area contributed by atoms with Crippen LogP contribution < -0.4 is 4.74 Å². The van der Waals surface area contributed by atoms with Crippen LogP contribution in [0.25, 0.3) is 0 Å². The highest BCUT2D eigenvalue weighted by atomic mass is 35.5. The van der Waals surface area contributed by atoms with Crippen molar-refractivity contribution in [3.8, 4) is 5.75 Å². The number of thioether (sulfide) groups is 1. The average Bonchev–Trinajstić information content (AvgIpc) is 3.16. The van der Waals surface area contributed by atoms with Crippen molar-refractivity contribution >= 4 is 41.2 Å². The quantitative estimate of drug-likeness (QED) is 0.208. The summed E-state index contributed by atoms with van der Waals surface area (Å²) in [5, 5.41) is 14.9. The average molecular weight is 483 g/mol. The van der Waals surface area contributed by atoms with Crippen LogP contribution in [0, 0.1) is 6.92 Å². The van der Waals surface area contributed by atoms with Gasteiger partial charge >= 0.3 is 0 Å². The van der Waals surface area contributed by atoms with Gasteiger partial charge in [0, 0.05) is 15.8 Å². The van der Waals surface area contributed by atoms with Crippen LogP contribution in [0.3, 0.4) is 0 Å². The van der Waals surface area contributed by atoms with E-state index in [4.69, 9.17) is 27.9 Å². The third kappa shape index (κ3) is 5.91. The summed E-state index contributed by atoms with van der Waals surface area (Å²) in [6.07, 6.45) is 1.77. The molecule has 0 atom stereocenters. The van der Waals surface area contributed by atoms with Crippen molar-refractivity contribution in [1.82, 2.24) is 14.9 Å². The number of aromatic nitrogens is 3. The molecule has 0 aliphatic heterocycles. The van der Waals surface area contributed by atoms with Crippen LogP contribution in [0.4, 0.5) is 0 Å². The summed E-state index contributed by atoms with van der Waals surface area (Å²) in [6.45, 7) is 2.40. The molecule has 0 bridgehead atoms. The maximum absolute atomic E-state index is 6.27. The van der Waals surface area contributed by atoms with E-state index in [9.17, 15) is 0 Å². The minimum absolute atomic E-state index is 0.534. The lowest BCUT2D eigenvalue weighted by Crippen LogP contribution is -1.97. The van der Waals surface area contributed by atoms with Gasteiger partial charge in [0.25, 0.3) is 0 Å². The van der Waals surface area contributed by atoms with Crippen LogP contribution in [0.15, 0.2) is 83.1 Å². The van der Waals surface area contributed by atoms with Gasteiger partial charge in [-0.3, -0.25) is 0 Å². The van der Waals surface area contributed by atoms with Crippen LogP contribution in [-0.4, -0.2) is 21.1 Å². The van der Waals surface area contributed by atoms with Crippen molar-refractivity contribution in [2.75, 3.05) is 0 Å². The molecule has 0 fully saturated rings. The summed E-state index contributed by atoms with van der Waals surface area (Å²) in [5.74, 6) is 2.15. The van der Waals surface area contributed by atoms with E-state index in [1.165, 1.54) is 11.8 Å². The minimum atomic E-state index is 0.534. The van der Waals surface area contributed by atoms with E-state index in [1.807, 2.05) is 73.7 Å². The van der Waals surface area contributed by atoms with Gasteiger partial charge in [-0.15, -0.1) is 10.2 Å². The molecule has 1 aromatic heterocycles. The van der Waals surface area contributed by atoms with E-state index in [1.54, 1.807) is 17.0 Å². The molecule has 0 radical (unpaired) electrons. The highest BCUT2D eigenvalue weighted by Gasteiger charge is 2.10. The van der Waals surface area contributed by atoms with Gasteiger partial charge in [-0.05, 0) is 60.0 Å². The SMILES string of the molecule is Cc1nnc(SCc2ccc(Cl)cc2Cl)n1/N=C/c1ccc(OCc2ccccc2)cc1. The van der Waals surface area contributed by atoms with Crippen molar-refractivity contribution in [1.29, 1.82) is 0 Å². The Hall–Kier alpha value is -2.80. The van der Waals surface area contributed by atoms with E-state index in [0.717, 1.165) is 22.4 Å². The zero-order chi connectivity index (χ0) is 22.3. The second-order valence-corrected chi connectivity index (χ2v) is 8.74. The first-order valence-corrected chi connectivity index (χ1v) is 11.6. The lowest BCUT2D eigenvalue weighted by molar-refractivity contribution is 0.306. The smallest absolute Gasteiger partial charge is 0.212 e. The van der Waals surface area contributed by atoms with Crippen LogP contribution in [-0.2, 0) is 12.4 Å². The molecule has 3 aromatic carbocycles. The van der Waals surface area contributed by atoms with Gasteiger partial charge in [-0.1, -0.05) is 71.4 Å². The van der Waals surface area contributed by atoms with Crippen molar-refractivity contribution in [3.05, 3.63) is 105 Å². The van der Waals surface area contributed by atoms with Gasteiger partial charge in [0.2, 0.25) is 5.16 Å². The summed E-state index contributed by atoms with van der Waals surface area (Å²) >= 11 is 13.8. The summed E-state index contributed by atoms with van der Waals surface area (Å²) in [7, 11) is 0. The monoisotopic (exact) mass is 482 g/mol. The second kappa shape index (κ2) is 10.7. The van der Waals surface area contributed by atoms with Crippen molar-refractivity contribution in [2.45, 2.75) is 24.4 Å². The Labute approximate surface area is 201 Å². The minimum Gasteiger partial charge on any atom is -0.489 e. The fraction of sp³-hybridized carbons (Fsp3) is 0.125.